The molecule has 2 aliphatic carbocycles. The van der Waals surface area contributed by atoms with Gasteiger partial charge in [-0.2, -0.15) is 0 Å². The van der Waals surface area contributed by atoms with Gasteiger partial charge in [-0.1, -0.05) is 30.8 Å². The second-order valence-electron chi connectivity index (χ2n) is 30.3. The number of amides is 4. The predicted octanol–water partition coefficient (Wildman–Crippen LogP) is -6.13. The summed E-state index contributed by atoms with van der Waals surface area (Å²) in [5, 5.41) is 166. The van der Waals surface area contributed by atoms with Gasteiger partial charge in [-0.05, 0) is 94.5 Å². The molecule has 19 N–H and O–H groups in total. The smallest absolute Gasteiger partial charge is 0.309 e. The van der Waals surface area contributed by atoms with Gasteiger partial charge in [0, 0.05) is 61.6 Å². The van der Waals surface area contributed by atoms with E-state index in [1.54, 1.807) is 0 Å². The molecular weight excluding hydrogens is 1620 g/mol. The summed E-state index contributed by atoms with van der Waals surface area (Å²) in [5.74, 6) is -9.24. The summed E-state index contributed by atoms with van der Waals surface area (Å²) in [6, 6.07) is 4.35. The van der Waals surface area contributed by atoms with Crippen molar-refractivity contribution in [3.8, 4) is 5.75 Å². The number of hydrogen-bond acceptors (Lipinski definition) is 39. The fourth-order valence-electron chi connectivity index (χ4n) is 14.9. The van der Waals surface area contributed by atoms with Crippen LogP contribution < -0.4 is 31.3 Å². The van der Waals surface area contributed by atoms with E-state index in [1.807, 2.05) is 0 Å². The quantitative estimate of drug-likeness (QED) is 0.00721. The molecule has 4 heterocycles. The average molecular weight is 1740 g/mol. The maximum atomic E-state index is 13.6. The van der Waals surface area contributed by atoms with Crippen LogP contribution in [0.2, 0.25) is 0 Å². The highest BCUT2D eigenvalue weighted by Gasteiger charge is 2.55. The molecule has 4 saturated heterocycles. The largest absolute Gasteiger partial charge is 0.492 e. The number of unbranched alkanes of at least 4 members (excludes halogenated alkanes) is 7. The third-order valence-corrected chi connectivity index (χ3v) is 21.9. The molecule has 0 radical (unpaired) electrons. The third-order valence-electron chi connectivity index (χ3n) is 21.9. The Hall–Kier alpha value is -6.91. The van der Waals surface area contributed by atoms with Crippen LogP contribution in [0.5, 0.6) is 5.75 Å². The van der Waals surface area contributed by atoms with Gasteiger partial charge in [-0.3, -0.25) is 38.4 Å². The molecule has 45 nitrogen and oxygen atoms in total. The molecule has 1 aromatic carbocycles. The van der Waals surface area contributed by atoms with E-state index in [9.17, 15) is 110 Å². The number of azide groups is 1. The van der Waals surface area contributed by atoms with E-state index in [1.165, 1.54) is 18.2 Å². The van der Waals surface area contributed by atoms with Crippen LogP contribution >= 0.6 is 0 Å². The molecule has 4 amide bonds. The number of nitrogens with one attached hydrogen (secondary N) is 5. The van der Waals surface area contributed by atoms with Gasteiger partial charge in [0.15, 0.2) is 25.2 Å². The Morgan fingerprint density at radius 1 is 0.397 bits per heavy atom. The molecule has 45 heteroatoms. The number of carbonyl (C=O) groups excluding carboxylic acids is 8. The minimum absolute atomic E-state index is 0.00531. The van der Waals surface area contributed by atoms with Gasteiger partial charge in [0.25, 0.3) is 11.8 Å². The monoisotopic (exact) mass is 1740 g/mol. The zero-order chi connectivity index (χ0) is 88.4. The summed E-state index contributed by atoms with van der Waals surface area (Å²) < 4.78 is 84.2. The number of hydrogen-bond donors (Lipinski definition) is 19. The van der Waals surface area contributed by atoms with Crippen LogP contribution in [0.4, 0.5) is 0 Å². The zero-order valence-electron chi connectivity index (χ0n) is 68.1. The molecule has 1 aromatic rings. The lowest BCUT2D eigenvalue weighted by atomic mass is 9.76. The van der Waals surface area contributed by atoms with Crippen LogP contribution in [0.3, 0.4) is 0 Å². The number of methoxy groups -OCH3 is 4. The number of aliphatic hydroxyl groups is 14. The maximum Gasteiger partial charge on any atom is 0.309 e. The number of ether oxygens (including phenoxy) is 15. The van der Waals surface area contributed by atoms with E-state index in [0.717, 1.165) is 34.9 Å². The van der Waals surface area contributed by atoms with Gasteiger partial charge in [-0.15, -0.1) is 0 Å². The number of esters is 4. The zero-order valence-corrected chi connectivity index (χ0v) is 68.1. The third kappa shape index (κ3) is 29.9. The first-order chi connectivity index (χ1) is 58.0. The highest BCUT2D eigenvalue weighted by molar-refractivity contribution is 6.00. The Kier molecular flexibility index (Phi) is 43.6. The SMILES string of the molecule is COC(=O)C1C[C@H](OCC2O[C@@H](OCCNCCCCCCNC(=O)c3cc(OCCNC(=O)CCCCCN=[N+]=[N-])cc(C(=O)NCCCCCC(=O)NCCO[C@H]4OC(CO[C@H]5CC(C(=O)OC)[C@@H](C(=O)OC)CC5O[C@@H]5OC(CO)[C@@H](O)C(O)C5O)[C@@H](O)[C@H](O)C4O)c3)C(O)[C@@H](O)[C@@H]2O)C(O[C@H]2OC(CO)[C@@H](O)C(O)C2O)C[C@@H]1C(=O)OC. The van der Waals surface area contributed by atoms with Gasteiger partial charge in [0.05, 0.1) is 123 Å². The summed E-state index contributed by atoms with van der Waals surface area (Å²) in [6.45, 7) is -1.26. The van der Waals surface area contributed by atoms with E-state index < -0.39 is 233 Å². The molecule has 0 aromatic heterocycles. The van der Waals surface area contributed by atoms with Crippen molar-refractivity contribution in [1.29, 1.82) is 0 Å². The molecule has 6 fully saturated rings. The molecule has 688 valence electrons. The first kappa shape index (κ1) is 101. The van der Waals surface area contributed by atoms with E-state index in [4.69, 9.17) is 76.6 Å². The second kappa shape index (κ2) is 52.1. The number of rotatable bonds is 49. The van der Waals surface area contributed by atoms with Crippen LogP contribution in [0.15, 0.2) is 23.3 Å². The van der Waals surface area contributed by atoms with Crippen molar-refractivity contribution in [3.63, 3.8) is 0 Å². The van der Waals surface area contributed by atoms with Crippen molar-refractivity contribution in [3.05, 3.63) is 39.8 Å². The van der Waals surface area contributed by atoms with Gasteiger partial charge >= 0.3 is 23.9 Å². The topological polar surface area (TPSA) is 667 Å². The van der Waals surface area contributed by atoms with Crippen molar-refractivity contribution < 1.29 is 181 Å². The summed E-state index contributed by atoms with van der Waals surface area (Å²) in [7, 11) is 4.44. The maximum absolute atomic E-state index is 13.6. The van der Waals surface area contributed by atoms with E-state index >= 15 is 0 Å². The standard InChI is InChI=1S/C76H122N8O37/c1-107-69(103)41-30-45(47(32-43(41)71(105)109-3)116-75-65(99)59(93)55(89)49(34-85)118-75)114-36-51-57(91)61(95)63(97)73(120-51)112-24-21-78-17-11-5-6-12-18-81-67(101)38-27-39(29-40(28-38)111-25-22-79-53(87)16-10-8-14-20-83-84-77)68(102)82-19-13-7-9-15-54(88)80-23-26-113-74-64(98)62(96)58(92)52(121-74)37-115-46-31-42(70(104)108-2)44(72(106)110-4)33-48(46)117-76-66(100)60(94)56(90)50(35-86)119-76/h27-29,41-52,55-66,73-76,78,85-86,89-100H,5-26,30-37H2,1-4H3,(H,79,87)(H,80,88)(H,81,101)(H,82,102)/t41?,42?,43-,44-,45-,46-,47?,48?,49?,50?,51?,52?,55+,56+,57+,58+,59?,60?,61-,62-,63?,64?,65?,66?,73+,74-,75-,76+/m0/s1. The lowest BCUT2D eigenvalue weighted by Gasteiger charge is -2.45. The van der Waals surface area contributed by atoms with Gasteiger partial charge in [0.2, 0.25) is 11.8 Å². The van der Waals surface area contributed by atoms with Crippen LogP contribution in [0.1, 0.15) is 123 Å². The fraction of sp³-hybridized carbons (Fsp3) is 0.816. The van der Waals surface area contributed by atoms with Gasteiger partial charge in [0.1, 0.15) is 110 Å². The minimum atomic E-state index is -1.86. The molecule has 28 atom stereocenters. The normalized spacial score (nSPS) is 33.0. The highest BCUT2D eigenvalue weighted by Crippen LogP contribution is 2.41. The van der Waals surface area contributed by atoms with Crippen molar-refractivity contribution in [1.82, 2.24) is 26.6 Å². The Balaban J connectivity index is 0.817. The van der Waals surface area contributed by atoms with Crippen LogP contribution in [0, 0.1) is 23.7 Å². The summed E-state index contributed by atoms with van der Waals surface area (Å²) in [5.41, 5.74) is 8.72. The number of aliphatic hydroxyl groups excluding tert-OH is 14. The summed E-state index contributed by atoms with van der Waals surface area (Å²) in [6.07, 6.45) is -32.8. The van der Waals surface area contributed by atoms with Crippen molar-refractivity contribution in [2.75, 3.05) is 121 Å². The van der Waals surface area contributed by atoms with Crippen LogP contribution in [-0.4, -0.2) is 387 Å². The summed E-state index contributed by atoms with van der Waals surface area (Å²) >= 11 is 0. The van der Waals surface area contributed by atoms with Crippen molar-refractivity contribution >= 4 is 47.5 Å². The highest BCUT2D eigenvalue weighted by atomic mass is 16.7. The molecule has 0 bridgehead atoms. The summed E-state index contributed by atoms with van der Waals surface area (Å²) in [4.78, 5) is 107. The van der Waals surface area contributed by atoms with Crippen LogP contribution in [0.25, 0.3) is 10.4 Å². The lowest BCUT2D eigenvalue weighted by molar-refractivity contribution is -0.327. The van der Waals surface area contributed by atoms with E-state index in [-0.39, 0.29) is 120 Å². The van der Waals surface area contributed by atoms with Gasteiger partial charge in [-0.25, -0.2) is 0 Å². The molecule has 6 aliphatic rings. The Morgan fingerprint density at radius 2 is 0.752 bits per heavy atom. The molecule has 7 rings (SSSR count). The number of benzene rings is 1. The number of nitrogens with zero attached hydrogens (tertiary/aromatic N) is 3. The number of carbonyl (C=O) groups is 8. The first-order valence-corrected chi connectivity index (χ1v) is 40.7. The Morgan fingerprint density at radius 3 is 1.16 bits per heavy atom. The molecule has 121 heavy (non-hydrogen) atoms. The molecule has 4 aliphatic heterocycles. The van der Waals surface area contributed by atoms with Crippen LogP contribution in [-0.2, 0) is 95.1 Å². The minimum Gasteiger partial charge on any atom is -0.492 e. The Bertz CT molecular complexity index is 3410. The molecule has 2 saturated carbocycles. The molecular formula is C76H122N8O37. The predicted molar refractivity (Wildman–Crippen MR) is 407 cm³/mol. The average Bonchev–Trinajstić information content (AvgIpc) is 0.784. The molecule has 0 spiro atoms. The lowest BCUT2D eigenvalue weighted by Crippen LogP contribution is -2.61. The Labute approximate surface area is 697 Å². The first-order valence-electron chi connectivity index (χ1n) is 40.7. The van der Waals surface area contributed by atoms with E-state index in [0.29, 0.717) is 70.9 Å². The fourth-order valence-corrected chi connectivity index (χ4v) is 14.9. The van der Waals surface area contributed by atoms with E-state index in [2.05, 4.69) is 36.6 Å². The second-order valence-corrected chi connectivity index (χ2v) is 30.3. The van der Waals surface area contributed by atoms with Gasteiger partial charge < -0.3 is 169 Å². The van der Waals surface area contributed by atoms with Crippen molar-refractivity contribution in [2.45, 2.75) is 250 Å². The van der Waals surface area contributed by atoms with Crippen molar-refractivity contribution in [2.24, 2.45) is 28.8 Å². The molecule has 14 unspecified atom stereocenters.